The van der Waals surface area contributed by atoms with Gasteiger partial charge in [0.05, 0.1) is 39.5 Å². The predicted molar refractivity (Wildman–Crippen MR) is 189 cm³/mol. The van der Waals surface area contributed by atoms with Crippen molar-refractivity contribution < 1.29 is 29.7 Å². The molecule has 0 spiro atoms. The second kappa shape index (κ2) is 15.0. The third-order valence-electron chi connectivity index (χ3n) is 7.32. The van der Waals surface area contributed by atoms with Crippen molar-refractivity contribution >= 4 is 17.9 Å². The number of carboxylic acid groups (broad SMARTS) is 3. The number of pyridine rings is 3. The van der Waals surface area contributed by atoms with E-state index in [0.29, 0.717) is 56.2 Å². The summed E-state index contributed by atoms with van der Waals surface area (Å²) >= 11 is 0. The quantitative estimate of drug-likeness (QED) is 0.175. The molecule has 3 aromatic heterocycles. The van der Waals surface area contributed by atoms with E-state index < -0.39 is 17.9 Å². The second-order valence-corrected chi connectivity index (χ2v) is 10.9. The van der Waals surface area contributed by atoms with Crippen LogP contribution in [0.4, 0.5) is 0 Å². The second-order valence-electron chi connectivity index (χ2n) is 10.9. The number of hydrogen-bond donors (Lipinski definition) is 3. The Balaban J connectivity index is 1.36. The number of carboxylic acids is 3. The first kappa shape index (κ1) is 33.1. The summed E-state index contributed by atoms with van der Waals surface area (Å²) in [7, 11) is 0. The molecule has 0 aliphatic carbocycles. The summed E-state index contributed by atoms with van der Waals surface area (Å²) in [6.45, 7) is 0. The smallest absolute Gasteiger partial charge is 0.335 e. The lowest BCUT2D eigenvalue weighted by molar-refractivity contribution is 0.0686. The van der Waals surface area contributed by atoms with Crippen molar-refractivity contribution in [3.8, 4) is 58.3 Å². The molecule has 0 radical (unpaired) electrons. The lowest BCUT2D eigenvalue weighted by Gasteiger charge is -2.07. The van der Waals surface area contributed by atoms with Crippen LogP contribution in [-0.4, -0.2) is 48.2 Å². The van der Waals surface area contributed by atoms with Crippen molar-refractivity contribution in [2.75, 3.05) is 0 Å². The molecule has 9 nitrogen and oxygen atoms in total. The Morgan fingerprint density at radius 1 is 0.373 bits per heavy atom. The minimum absolute atomic E-state index is 0.159. The number of aromatic carboxylic acids is 3. The average molecular weight is 666 g/mol. The number of benzene rings is 3. The molecule has 6 rings (SSSR count). The van der Waals surface area contributed by atoms with Crippen molar-refractivity contribution in [2.45, 2.75) is 0 Å². The van der Waals surface area contributed by atoms with Gasteiger partial charge < -0.3 is 15.3 Å². The summed E-state index contributed by atoms with van der Waals surface area (Å²) in [6.07, 6.45) is 3.24. The summed E-state index contributed by atoms with van der Waals surface area (Å²) in [5.74, 6) is 15.4. The molecule has 0 aliphatic rings. The van der Waals surface area contributed by atoms with Crippen LogP contribution < -0.4 is 0 Å². The Morgan fingerprint density at radius 3 is 1.00 bits per heavy atom. The maximum Gasteiger partial charge on any atom is 0.335 e. The van der Waals surface area contributed by atoms with E-state index in [4.69, 9.17) is 15.2 Å². The van der Waals surface area contributed by atoms with Gasteiger partial charge in [-0.25, -0.2) is 19.4 Å². The van der Waals surface area contributed by atoms with Gasteiger partial charge in [-0.05, 0) is 109 Å². The van der Waals surface area contributed by atoms with E-state index in [2.05, 4.69) is 45.5 Å². The van der Waals surface area contributed by atoms with Crippen molar-refractivity contribution in [3.05, 3.63) is 172 Å². The third kappa shape index (κ3) is 8.57. The van der Waals surface area contributed by atoms with E-state index in [1.54, 1.807) is 85.2 Å². The fourth-order valence-corrected chi connectivity index (χ4v) is 4.68. The Morgan fingerprint density at radius 2 is 0.667 bits per heavy atom. The monoisotopic (exact) mass is 665 g/mol. The fourth-order valence-electron chi connectivity index (χ4n) is 4.68. The van der Waals surface area contributed by atoms with Gasteiger partial charge in [0.25, 0.3) is 0 Å². The molecular formula is C42H23N3O6. The molecule has 51 heavy (non-hydrogen) atoms. The first-order valence-corrected chi connectivity index (χ1v) is 15.2. The molecule has 0 unspecified atom stereocenters. The van der Waals surface area contributed by atoms with Crippen LogP contribution in [0.5, 0.6) is 0 Å². The summed E-state index contributed by atoms with van der Waals surface area (Å²) in [4.78, 5) is 47.6. The van der Waals surface area contributed by atoms with Crippen molar-refractivity contribution in [1.82, 2.24) is 15.0 Å². The molecular weight excluding hydrogens is 642 g/mol. The fraction of sp³-hybridized carbons (Fsp3) is 0. The molecule has 0 saturated carbocycles. The molecule has 9 heteroatoms. The highest BCUT2D eigenvalue weighted by molar-refractivity contribution is 5.88. The molecule has 0 fully saturated rings. The summed E-state index contributed by atoms with van der Waals surface area (Å²) in [6, 6.07) is 29.5. The Bertz CT molecular complexity index is 2370. The van der Waals surface area contributed by atoms with Crippen LogP contribution in [0, 0.1) is 35.5 Å². The summed E-state index contributed by atoms with van der Waals surface area (Å²) < 4.78 is 0. The molecule has 3 aromatic carbocycles. The van der Waals surface area contributed by atoms with Crippen LogP contribution in [0.2, 0.25) is 0 Å². The average Bonchev–Trinajstić information content (AvgIpc) is 3.16. The van der Waals surface area contributed by atoms with Gasteiger partial charge >= 0.3 is 17.9 Å². The van der Waals surface area contributed by atoms with E-state index in [0.717, 1.165) is 0 Å². The predicted octanol–water partition coefficient (Wildman–Crippen LogP) is 6.50. The molecule has 242 valence electrons. The van der Waals surface area contributed by atoms with E-state index in [1.807, 2.05) is 0 Å². The zero-order chi connectivity index (χ0) is 35.7. The van der Waals surface area contributed by atoms with E-state index in [-0.39, 0.29) is 16.7 Å². The summed E-state index contributed by atoms with van der Waals surface area (Å²) in [5.41, 5.74) is 6.42. The third-order valence-corrected chi connectivity index (χ3v) is 7.32. The Hall–Kier alpha value is -7.80. The number of hydrogen-bond acceptors (Lipinski definition) is 6. The van der Waals surface area contributed by atoms with Gasteiger partial charge in [0, 0.05) is 45.8 Å². The lowest BCUT2D eigenvalue weighted by Crippen LogP contribution is -1.96. The van der Waals surface area contributed by atoms with E-state index >= 15 is 0 Å². The van der Waals surface area contributed by atoms with Crippen molar-refractivity contribution in [1.29, 1.82) is 0 Å². The Labute approximate surface area is 292 Å². The summed E-state index contributed by atoms with van der Waals surface area (Å²) in [5, 5.41) is 27.5. The van der Waals surface area contributed by atoms with Crippen molar-refractivity contribution in [2.24, 2.45) is 0 Å². The molecule has 3 N–H and O–H groups in total. The molecule has 0 aliphatic heterocycles. The molecule has 6 aromatic rings. The maximum atomic E-state index is 11.3. The molecule has 3 heterocycles. The lowest BCUT2D eigenvalue weighted by atomic mass is 10.1. The van der Waals surface area contributed by atoms with Crippen LogP contribution in [0.15, 0.2) is 122 Å². The maximum absolute atomic E-state index is 11.3. The van der Waals surface area contributed by atoms with Gasteiger partial charge in [0.1, 0.15) is 0 Å². The van der Waals surface area contributed by atoms with Crippen LogP contribution in [0.3, 0.4) is 0 Å². The van der Waals surface area contributed by atoms with Gasteiger partial charge in [-0.3, -0.25) is 9.97 Å². The van der Waals surface area contributed by atoms with Crippen LogP contribution in [0.1, 0.15) is 64.5 Å². The molecule has 0 amide bonds. The van der Waals surface area contributed by atoms with Crippen LogP contribution >= 0.6 is 0 Å². The number of rotatable bonds is 5. The van der Waals surface area contributed by atoms with Gasteiger partial charge in [-0.1, -0.05) is 35.5 Å². The largest absolute Gasteiger partial charge is 0.478 e. The highest BCUT2D eigenvalue weighted by Gasteiger charge is 2.10. The number of carbonyl (C=O) groups is 3. The molecule has 0 saturated heterocycles. The minimum atomic E-state index is -1.02. The first-order valence-electron chi connectivity index (χ1n) is 15.2. The Kier molecular flexibility index (Phi) is 9.71. The van der Waals surface area contributed by atoms with Gasteiger partial charge in [-0.2, -0.15) is 0 Å². The standard InChI is InChI=1S/C42H23N3O6/c46-40(47)33-13-7-27(8-14-33)1-4-30-19-21-43-36(23-30)38-25-32(6-3-29-11-17-35(18-12-29)42(50)51)26-39(45-38)37-24-31(20-22-44-37)5-2-28-9-15-34(16-10-28)41(48)49/h7-26H,(H,46,47)(H,48,49)(H,50,51). The SMILES string of the molecule is O=C(O)c1ccc(C#Cc2ccnc(-c3cc(C#Cc4ccc(C(=O)O)cc4)cc(-c4cc(C#Cc5ccc(C(=O)O)cc5)ccn4)n3)c2)cc1. The highest BCUT2D eigenvalue weighted by Crippen LogP contribution is 2.24. The van der Waals surface area contributed by atoms with Gasteiger partial charge in [0.15, 0.2) is 0 Å². The topological polar surface area (TPSA) is 151 Å². The van der Waals surface area contributed by atoms with Gasteiger partial charge in [0.2, 0.25) is 0 Å². The molecule has 0 atom stereocenters. The van der Waals surface area contributed by atoms with Crippen LogP contribution in [-0.2, 0) is 0 Å². The van der Waals surface area contributed by atoms with Crippen molar-refractivity contribution in [3.63, 3.8) is 0 Å². The first-order chi connectivity index (χ1) is 24.7. The molecule has 0 bridgehead atoms. The van der Waals surface area contributed by atoms with Crippen LogP contribution in [0.25, 0.3) is 22.8 Å². The zero-order valence-electron chi connectivity index (χ0n) is 26.5. The number of aromatic nitrogens is 3. The highest BCUT2D eigenvalue weighted by atomic mass is 16.4. The normalized spacial score (nSPS) is 9.96. The van der Waals surface area contributed by atoms with Gasteiger partial charge in [-0.15, -0.1) is 0 Å². The minimum Gasteiger partial charge on any atom is -0.478 e. The number of nitrogens with zero attached hydrogens (tertiary/aromatic N) is 3. The van der Waals surface area contributed by atoms with E-state index in [9.17, 15) is 19.5 Å². The van der Waals surface area contributed by atoms with E-state index in [1.165, 1.54) is 36.4 Å². The zero-order valence-corrected chi connectivity index (χ0v) is 26.5.